The van der Waals surface area contributed by atoms with E-state index in [0.29, 0.717) is 5.76 Å². The summed E-state index contributed by atoms with van der Waals surface area (Å²) in [5, 5.41) is 10.5. The molecule has 1 atom stereocenters. The smallest absolute Gasteiger partial charge is 0.489 e. The van der Waals surface area contributed by atoms with Gasteiger partial charge in [-0.1, -0.05) is 6.58 Å². The summed E-state index contributed by atoms with van der Waals surface area (Å²) < 4.78 is 15.2. The van der Waals surface area contributed by atoms with Gasteiger partial charge in [-0.05, 0) is 30.7 Å². The zero-order valence-corrected chi connectivity index (χ0v) is 11.3. The molecular formula is C14H13NO6. The van der Waals surface area contributed by atoms with Crippen molar-refractivity contribution in [3.63, 3.8) is 0 Å². The molecule has 1 unspecified atom stereocenters. The molecule has 0 bridgehead atoms. The Balaban J connectivity index is 1.95. The Labute approximate surface area is 120 Å². The summed E-state index contributed by atoms with van der Waals surface area (Å²) >= 11 is 0. The highest BCUT2D eigenvalue weighted by Crippen LogP contribution is 2.25. The minimum atomic E-state index is -0.798. The predicted molar refractivity (Wildman–Crippen MR) is 72.1 cm³/mol. The van der Waals surface area contributed by atoms with Crippen molar-refractivity contribution in [2.75, 3.05) is 0 Å². The number of carbonyl (C=O) groups excluding carboxylic acids is 1. The van der Waals surface area contributed by atoms with Gasteiger partial charge in [0.25, 0.3) is 5.69 Å². The van der Waals surface area contributed by atoms with Gasteiger partial charge in [0.1, 0.15) is 12.4 Å². The third-order valence-corrected chi connectivity index (χ3v) is 2.82. The Kier molecular flexibility index (Phi) is 4.22. The summed E-state index contributed by atoms with van der Waals surface area (Å²) in [5.41, 5.74) is 0.737. The number of non-ortho nitro benzene ring substituents is 1. The standard InChI is InChI=1S/C14H13NO6/c1-3-12-13(21-14(16)20-12)9(2)19-8-10-4-6-11(7-5-10)15(17)18/h3-7,13H,2,8H2,1H3. The van der Waals surface area contributed by atoms with Crippen molar-refractivity contribution in [1.82, 2.24) is 0 Å². The van der Waals surface area contributed by atoms with Crippen LogP contribution in [0, 0.1) is 10.1 Å². The lowest BCUT2D eigenvalue weighted by atomic mass is 10.2. The number of nitro benzene ring substituents is 1. The fourth-order valence-electron chi connectivity index (χ4n) is 1.73. The maximum atomic E-state index is 11.1. The van der Waals surface area contributed by atoms with Gasteiger partial charge < -0.3 is 14.2 Å². The van der Waals surface area contributed by atoms with E-state index in [1.165, 1.54) is 12.1 Å². The quantitative estimate of drug-likeness (QED) is 0.358. The largest absolute Gasteiger partial charge is 0.514 e. The molecule has 7 nitrogen and oxygen atoms in total. The van der Waals surface area contributed by atoms with Gasteiger partial charge in [0, 0.05) is 12.1 Å². The minimum absolute atomic E-state index is 0.00639. The van der Waals surface area contributed by atoms with Gasteiger partial charge >= 0.3 is 6.16 Å². The topological polar surface area (TPSA) is 87.9 Å². The van der Waals surface area contributed by atoms with Crippen LogP contribution in [0.25, 0.3) is 0 Å². The molecule has 1 heterocycles. The Morgan fingerprint density at radius 1 is 1.48 bits per heavy atom. The molecule has 0 aromatic heterocycles. The van der Waals surface area contributed by atoms with E-state index in [1.54, 1.807) is 25.1 Å². The molecule has 0 aliphatic carbocycles. The van der Waals surface area contributed by atoms with Crippen molar-refractivity contribution in [2.24, 2.45) is 0 Å². The van der Waals surface area contributed by atoms with Crippen LogP contribution >= 0.6 is 0 Å². The summed E-state index contributed by atoms with van der Waals surface area (Å²) in [6.45, 7) is 5.56. The van der Waals surface area contributed by atoms with E-state index >= 15 is 0 Å². The number of benzene rings is 1. The molecule has 1 aliphatic heterocycles. The molecule has 0 saturated carbocycles. The van der Waals surface area contributed by atoms with E-state index in [4.69, 9.17) is 14.2 Å². The molecule has 1 saturated heterocycles. The molecule has 0 radical (unpaired) electrons. The number of nitro groups is 1. The molecule has 1 fully saturated rings. The number of rotatable bonds is 5. The first kappa shape index (κ1) is 14.6. The molecular weight excluding hydrogens is 278 g/mol. The SMILES string of the molecule is C=C(OCc1ccc([N+](=O)[O-])cc1)C1OC(=O)OC1=CC. The highest BCUT2D eigenvalue weighted by molar-refractivity contribution is 5.65. The number of nitrogens with zero attached hydrogens (tertiary/aromatic N) is 1. The monoisotopic (exact) mass is 291 g/mol. The van der Waals surface area contributed by atoms with Gasteiger partial charge in [-0.15, -0.1) is 0 Å². The van der Waals surface area contributed by atoms with Crippen LogP contribution in [0.3, 0.4) is 0 Å². The maximum Gasteiger partial charge on any atom is 0.514 e. The zero-order chi connectivity index (χ0) is 15.4. The second-order valence-corrected chi connectivity index (χ2v) is 4.22. The van der Waals surface area contributed by atoms with Gasteiger partial charge in [-0.3, -0.25) is 10.1 Å². The average Bonchev–Trinajstić information content (AvgIpc) is 2.86. The van der Waals surface area contributed by atoms with Crippen LogP contribution in [0.4, 0.5) is 10.5 Å². The van der Waals surface area contributed by atoms with E-state index < -0.39 is 17.2 Å². The van der Waals surface area contributed by atoms with Crippen LogP contribution < -0.4 is 0 Å². The Morgan fingerprint density at radius 2 is 2.14 bits per heavy atom. The Morgan fingerprint density at radius 3 is 2.71 bits per heavy atom. The number of ether oxygens (including phenoxy) is 3. The lowest BCUT2D eigenvalue weighted by Gasteiger charge is -2.13. The molecule has 1 aromatic rings. The fourth-order valence-corrected chi connectivity index (χ4v) is 1.73. The number of cyclic esters (lactones) is 2. The van der Waals surface area contributed by atoms with E-state index in [-0.39, 0.29) is 18.1 Å². The molecule has 21 heavy (non-hydrogen) atoms. The highest BCUT2D eigenvalue weighted by Gasteiger charge is 2.34. The van der Waals surface area contributed by atoms with E-state index in [2.05, 4.69) is 6.58 Å². The first-order chi connectivity index (χ1) is 10.0. The van der Waals surface area contributed by atoms with Gasteiger partial charge in [-0.25, -0.2) is 4.79 Å². The summed E-state index contributed by atoms with van der Waals surface area (Å²) in [5.74, 6) is 0.556. The zero-order valence-electron chi connectivity index (χ0n) is 11.3. The number of hydrogen-bond acceptors (Lipinski definition) is 6. The predicted octanol–water partition coefficient (Wildman–Crippen LogP) is 3.06. The highest BCUT2D eigenvalue weighted by atomic mass is 16.8. The fraction of sp³-hybridized carbons (Fsp3) is 0.214. The second-order valence-electron chi connectivity index (χ2n) is 4.22. The molecule has 7 heteroatoms. The third-order valence-electron chi connectivity index (χ3n) is 2.82. The van der Waals surface area contributed by atoms with Crippen molar-refractivity contribution in [3.8, 4) is 0 Å². The summed E-state index contributed by atoms with van der Waals surface area (Å²) in [7, 11) is 0. The van der Waals surface area contributed by atoms with Crippen molar-refractivity contribution in [3.05, 3.63) is 64.1 Å². The lowest BCUT2D eigenvalue weighted by molar-refractivity contribution is -0.384. The molecule has 110 valence electrons. The average molecular weight is 291 g/mol. The molecule has 1 aliphatic rings. The lowest BCUT2D eigenvalue weighted by Crippen LogP contribution is -2.13. The van der Waals surface area contributed by atoms with Gasteiger partial charge in [0.05, 0.1) is 4.92 Å². The van der Waals surface area contributed by atoms with Crippen molar-refractivity contribution >= 4 is 11.8 Å². The molecule has 0 spiro atoms. The van der Waals surface area contributed by atoms with Gasteiger partial charge in [0.2, 0.25) is 6.10 Å². The maximum absolute atomic E-state index is 11.1. The van der Waals surface area contributed by atoms with E-state index in [9.17, 15) is 14.9 Å². The Bertz CT molecular complexity index is 604. The normalized spacial score (nSPS) is 19.0. The van der Waals surface area contributed by atoms with E-state index in [1.807, 2.05) is 0 Å². The summed E-state index contributed by atoms with van der Waals surface area (Å²) in [4.78, 5) is 21.1. The Hall–Kier alpha value is -2.83. The minimum Gasteiger partial charge on any atom is -0.489 e. The van der Waals surface area contributed by atoms with Gasteiger partial charge in [0.15, 0.2) is 5.76 Å². The van der Waals surface area contributed by atoms with Gasteiger partial charge in [-0.2, -0.15) is 0 Å². The van der Waals surface area contributed by atoms with E-state index in [0.717, 1.165) is 5.56 Å². The molecule has 2 rings (SSSR count). The van der Waals surface area contributed by atoms with Crippen molar-refractivity contribution in [2.45, 2.75) is 19.6 Å². The second kappa shape index (κ2) is 6.08. The first-order valence-electron chi connectivity index (χ1n) is 6.11. The summed E-state index contributed by atoms with van der Waals surface area (Å²) in [6.07, 6.45) is 0.0319. The number of allylic oxidation sites excluding steroid dienone is 1. The van der Waals surface area contributed by atoms with Crippen LogP contribution in [-0.2, 0) is 20.8 Å². The number of hydrogen-bond donors (Lipinski definition) is 0. The van der Waals surface area contributed by atoms with Crippen LogP contribution in [0.2, 0.25) is 0 Å². The van der Waals surface area contributed by atoms with Crippen LogP contribution in [-0.4, -0.2) is 17.2 Å². The molecule has 0 N–H and O–H groups in total. The molecule has 1 aromatic carbocycles. The van der Waals surface area contributed by atoms with Crippen LogP contribution in [0.15, 0.2) is 48.4 Å². The molecule has 0 amide bonds. The van der Waals surface area contributed by atoms with Crippen molar-refractivity contribution in [1.29, 1.82) is 0 Å². The third kappa shape index (κ3) is 3.38. The first-order valence-corrected chi connectivity index (χ1v) is 6.11. The number of carbonyl (C=O) groups is 1. The van der Waals surface area contributed by atoms with Crippen LogP contribution in [0.1, 0.15) is 12.5 Å². The summed E-state index contributed by atoms with van der Waals surface area (Å²) in [6, 6.07) is 5.94. The van der Waals surface area contributed by atoms with Crippen LogP contribution in [0.5, 0.6) is 0 Å². The van der Waals surface area contributed by atoms with Crippen molar-refractivity contribution < 1.29 is 23.9 Å².